The second-order valence-corrected chi connectivity index (χ2v) is 22.7. The number of carbonyl (C=O) groups excluding carboxylic acids is 1. The number of para-hydroxylation sites is 3. The monoisotopic (exact) mass is 1240 g/mol. The van der Waals surface area contributed by atoms with Gasteiger partial charge in [-0.1, -0.05) is 54.6 Å². The van der Waals surface area contributed by atoms with Crippen LogP contribution in [0.2, 0.25) is 0 Å². The van der Waals surface area contributed by atoms with E-state index in [-0.39, 0.29) is 36.8 Å². The van der Waals surface area contributed by atoms with Gasteiger partial charge in [-0.15, -0.1) is 0 Å². The molecule has 3 N–H and O–H groups in total. The molecule has 3 aromatic carbocycles. The van der Waals surface area contributed by atoms with E-state index in [1.807, 2.05) is 66.7 Å². The summed E-state index contributed by atoms with van der Waals surface area (Å²) in [5.74, 6) is 2.90. The molecule has 0 radical (unpaired) electrons. The van der Waals surface area contributed by atoms with Crippen LogP contribution in [-0.2, 0) is 33.6 Å². The van der Waals surface area contributed by atoms with E-state index in [9.17, 15) is 9.59 Å². The van der Waals surface area contributed by atoms with Gasteiger partial charge in [0.2, 0.25) is 11.9 Å². The molecule has 0 spiro atoms. The number of hydrogen-bond acceptors (Lipinski definition) is 15. The summed E-state index contributed by atoms with van der Waals surface area (Å²) in [6.45, 7) is 1.93. The molecule has 20 heteroatoms. The molecule has 8 heterocycles. The summed E-state index contributed by atoms with van der Waals surface area (Å²) < 4.78 is 29.5. The number of aliphatic carboxylic acids is 1. The molecule has 11 aromatic rings. The number of carboxylic acid groups (broad SMARTS) is 1. The SMILES string of the molecule is CCOC(=O)CNc1ncc(-c2ccc3nc4c(n3c2)C(c2ccccc2OC)CCC4)cn1.COc1ccccc1C1CCCc2nc3ccc(-c4cnc(NCC(=O)O)nc4)cn3c21.COc1ccccc1C1CCCc2nc3ccc(Br)cn3c21. The maximum atomic E-state index is 11.5. The lowest BCUT2D eigenvalue weighted by Gasteiger charge is -2.24. The summed E-state index contributed by atoms with van der Waals surface area (Å²) in [6.07, 6.45) is 22.8. The highest BCUT2D eigenvalue weighted by atomic mass is 79.9. The van der Waals surface area contributed by atoms with E-state index in [4.69, 9.17) is 39.0 Å². The number of halogens is 1. The highest BCUT2D eigenvalue weighted by Crippen LogP contribution is 2.44. The Balaban J connectivity index is 0.000000131. The smallest absolute Gasteiger partial charge is 0.325 e. The second-order valence-electron chi connectivity index (χ2n) is 21.8. The first-order valence-corrected chi connectivity index (χ1v) is 30.5. The predicted molar refractivity (Wildman–Crippen MR) is 340 cm³/mol. The Labute approximate surface area is 517 Å². The van der Waals surface area contributed by atoms with Gasteiger partial charge in [0.15, 0.2) is 0 Å². The lowest BCUT2D eigenvalue weighted by Crippen LogP contribution is -2.17. The molecule has 3 unspecified atom stereocenters. The van der Waals surface area contributed by atoms with Gasteiger partial charge in [-0.3, -0.25) is 9.59 Å². The van der Waals surface area contributed by atoms with Crippen LogP contribution in [-0.4, -0.2) is 106 Å². The highest BCUT2D eigenvalue weighted by molar-refractivity contribution is 9.10. The fourth-order valence-electron chi connectivity index (χ4n) is 12.6. The number of fused-ring (bicyclic) bond motifs is 9. The van der Waals surface area contributed by atoms with Gasteiger partial charge in [-0.2, -0.15) is 0 Å². The van der Waals surface area contributed by atoms with Crippen LogP contribution in [0.1, 0.15) is 114 Å². The third-order valence-corrected chi connectivity index (χ3v) is 16.9. The molecule has 0 bridgehead atoms. The van der Waals surface area contributed by atoms with Crippen molar-refractivity contribution >= 4 is 56.7 Å². The number of methoxy groups -OCH3 is 3. The summed E-state index contributed by atoms with van der Waals surface area (Å²) in [4.78, 5) is 54.1. The molecular weight excluding hydrogens is 1180 g/mol. The minimum absolute atomic E-state index is 0.0324. The molecule has 8 aromatic heterocycles. The lowest BCUT2D eigenvalue weighted by atomic mass is 9.84. The van der Waals surface area contributed by atoms with E-state index in [1.165, 1.54) is 45.9 Å². The van der Waals surface area contributed by atoms with E-state index >= 15 is 0 Å². The normalized spacial score (nSPS) is 15.8. The Kier molecular flexibility index (Phi) is 17.7. The number of nitrogens with one attached hydrogen (secondary N) is 2. The van der Waals surface area contributed by atoms with E-state index in [0.717, 1.165) is 124 Å². The zero-order valence-corrected chi connectivity index (χ0v) is 51.0. The standard InChI is InChI=1S/C26H27N5O3.C24H23N5O3.C18H17BrN2O/c1-3-34-24(32)15-29-26-27-13-18(14-28-26)17-11-12-23-30-21-9-6-8-20(25(21)31(23)16-17)19-7-4-5-10-22(19)33-2;1-32-20-8-3-2-5-17(20)18-6-4-7-19-23(18)29-14-15(9-10-21(29)28-19)16-11-25-24(26-12-16)27-13-22(30)31;1-22-16-8-3-2-5-13(16)14-6-4-7-15-18(14)21-11-12(19)9-10-17(21)20-15/h4-5,7,10-14,16,20H,3,6,8-9,15H2,1-2H3,(H,27,28,29);2-3,5,8-12,14,18H,4,6-7,13H2,1H3,(H,30,31)(H,25,26,27);2-3,5,8-11,14H,4,6-7H2,1H3. The van der Waals surface area contributed by atoms with Crippen molar-refractivity contribution in [3.8, 4) is 39.5 Å². The van der Waals surface area contributed by atoms with Gasteiger partial charge in [-0.25, -0.2) is 34.9 Å². The Morgan fingerprint density at radius 1 is 0.511 bits per heavy atom. The van der Waals surface area contributed by atoms with Crippen molar-refractivity contribution in [3.05, 3.63) is 208 Å². The Morgan fingerprint density at radius 2 is 0.886 bits per heavy atom. The fraction of sp³-hybridized carbons (Fsp3) is 0.279. The maximum Gasteiger partial charge on any atom is 0.325 e. The first kappa shape index (κ1) is 58.7. The largest absolute Gasteiger partial charge is 0.496 e. The fourth-order valence-corrected chi connectivity index (χ4v) is 12.9. The van der Waals surface area contributed by atoms with Crippen LogP contribution < -0.4 is 24.8 Å². The van der Waals surface area contributed by atoms with Gasteiger partial charge in [-0.05, 0) is 135 Å². The zero-order valence-electron chi connectivity index (χ0n) is 49.4. The first-order valence-electron chi connectivity index (χ1n) is 29.7. The van der Waals surface area contributed by atoms with Crippen molar-refractivity contribution in [2.45, 2.75) is 82.5 Å². The number of nitrogens with zero attached hydrogens (tertiary/aromatic N) is 10. The number of aromatic nitrogens is 10. The molecule has 0 saturated heterocycles. The van der Waals surface area contributed by atoms with Crippen LogP contribution in [0.5, 0.6) is 17.2 Å². The van der Waals surface area contributed by atoms with E-state index in [2.05, 4.69) is 121 Å². The predicted octanol–water partition coefficient (Wildman–Crippen LogP) is 12.6. The number of imidazole rings is 3. The first-order chi connectivity index (χ1) is 43.1. The van der Waals surface area contributed by atoms with Gasteiger partial charge in [0.25, 0.3) is 0 Å². The van der Waals surface area contributed by atoms with Crippen LogP contribution in [0.25, 0.3) is 39.2 Å². The summed E-state index contributed by atoms with van der Waals surface area (Å²) in [5, 5.41) is 14.3. The summed E-state index contributed by atoms with van der Waals surface area (Å²) in [5.41, 5.74) is 17.4. The van der Waals surface area contributed by atoms with Gasteiger partial charge < -0.3 is 47.9 Å². The average molecular weight is 1240 g/mol. The van der Waals surface area contributed by atoms with Gasteiger partial charge in [0.05, 0.1) is 62.1 Å². The second kappa shape index (κ2) is 26.5. The molecule has 0 saturated carbocycles. The molecule has 3 aliphatic rings. The van der Waals surface area contributed by atoms with Crippen LogP contribution in [0.3, 0.4) is 0 Å². The van der Waals surface area contributed by atoms with Crippen LogP contribution in [0.4, 0.5) is 11.9 Å². The summed E-state index contributed by atoms with van der Waals surface area (Å²) >= 11 is 3.58. The number of esters is 1. The van der Waals surface area contributed by atoms with E-state index in [1.54, 1.807) is 53.0 Å². The number of carbonyl (C=O) groups is 2. The minimum atomic E-state index is -0.961. The van der Waals surface area contributed by atoms with Gasteiger partial charge in [0.1, 0.15) is 47.3 Å². The molecular formula is C68H67BrN12O7. The van der Waals surface area contributed by atoms with Crippen molar-refractivity contribution < 1.29 is 33.6 Å². The average Bonchev–Trinajstić information content (AvgIpc) is 2.18. The number of aryl methyl sites for hydroxylation is 3. The minimum Gasteiger partial charge on any atom is -0.496 e. The Morgan fingerprint density at radius 3 is 1.27 bits per heavy atom. The molecule has 88 heavy (non-hydrogen) atoms. The third kappa shape index (κ3) is 12.3. The molecule has 3 aliphatic carbocycles. The number of carboxylic acids is 1. The van der Waals surface area contributed by atoms with Crippen LogP contribution in [0.15, 0.2) is 157 Å². The number of pyridine rings is 3. The van der Waals surface area contributed by atoms with Crippen molar-refractivity contribution in [2.75, 3.05) is 51.7 Å². The quantitative estimate of drug-likeness (QED) is 0.0813. The number of rotatable bonds is 15. The van der Waals surface area contributed by atoms with Gasteiger partial charge >= 0.3 is 11.9 Å². The molecule has 0 aliphatic heterocycles. The number of ether oxygens (including phenoxy) is 4. The number of anilines is 2. The van der Waals surface area contributed by atoms with E-state index < -0.39 is 5.97 Å². The Hall–Kier alpha value is -9.69. The van der Waals surface area contributed by atoms with Crippen molar-refractivity contribution in [1.29, 1.82) is 0 Å². The van der Waals surface area contributed by atoms with E-state index in [0.29, 0.717) is 18.5 Å². The van der Waals surface area contributed by atoms with Crippen LogP contribution in [0, 0.1) is 0 Å². The van der Waals surface area contributed by atoms with Crippen molar-refractivity contribution in [1.82, 2.24) is 48.1 Å². The Bertz CT molecular complexity index is 4300. The molecule has 14 rings (SSSR count). The van der Waals surface area contributed by atoms with Crippen molar-refractivity contribution in [3.63, 3.8) is 0 Å². The summed E-state index contributed by atoms with van der Waals surface area (Å²) in [7, 11) is 5.18. The van der Waals surface area contributed by atoms with Gasteiger partial charge in [0, 0.05) is 105 Å². The molecule has 448 valence electrons. The summed E-state index contributed by atoms with van der Waals surface area (Å²) in [6, 6.07) is 37.0. The molecule has 0 fully saturated rings. The lowest BCUT2D eigenvalue weighted by molar-refractivity contribution is -0.141. The van der Waals surface area contributed by atoms with Crippen molar-refractivity contribution in [2.24, 2.45) is 0 Å². The number of hydrogen-bond donors (Lipinski definition) is 3. The molecule has 19 nitrogen and oxygen atoms in total. The molecule has 0 amide bonds. The topological polar surface area (TPSA) is 219 Å². The maximum absolute atomic E-state index is 11.5. The molecule has 3 atom stereocenters. The van der Waals surface area contributed by atoms with Crippen LogP contribution >= 0.6 is 15.9 Å². The third-order valence-electron chi connectivity index (χ3n) is 16.5. The number of benzene rings is 3. The highest BCUT2D eigenvalue weighted by Gasteiger charge is 2.32. The zero-order chi connectivity index (χ0) is 60.7.